The van der Waals surface area contributed by atoms with Crippen LogP contribution in [0.1, 0.15) is 15.4 Å². The van der Waals surface area contributed by atoms with Crippen LogP contribution in [0.5, 0.6) is 0 Å². The lowest BCUT2D eigenvalue weighted by atomic mass is 10.3. The minimum absolute atomic E-state index is 0.254. The molecule has 0 spiro atoms. The van der Waals surface area contributed by atoms with Gasteiger partial charge in [0.15, 0.2) is 0 Å². The number of para-hydroxylation sites is 2. The largest absolute Gasteiger partial charge is 0.281 e. The van der Waals surface area contributed by atoms with Crippen LogP contribution in [0, 0.1) is 0 Å². The molecule has 3 aromatic rings. The van der Waals surface area contributed by atoms with E-state index in [2.05, 4.69) is 36.4 Å². The fourth-order valence-corrected chi connectivity index (χ4v) is 2.96. The van der Waals surface area contributed by atoms with E-state index in [0.717, 1.165) is 14.8 Å². The molecule has 1 aromatic carbocycles. The third kappa shape index (κ3) is 3.32. The highest BCUT2D eigenvalue weighted by molar-refractivity contribution is 9.11. The smallest absolute Gasteiger partial charge is 0.266 e. The molecule has 0 saturated heterocycles. The highest BCUT2D eigenvalue weighted by Crippen LogP contribution is 2.21. The van der Waals surface area contributed by atoms with Gasteiger partial charge >= 0.3 is 0 Å². The van der Waals surface area contributed by atoms with Crippen LogP contribution >= 0.6 is 27.3 Å². The Morgan fingerprint density at radius 2 is 2.05 bits per heavy atom. The summed E-state index contributed by atoms with van der Waals surface area (Å²) < 4.78 is 0.900. The SMILES string of the molecule is O=C(N/N=C\c1cnc2ccccc2n1)c1ccc(Br)s1. The van der Waals surface area contributed by atoms with E-state index < -0.39 is 0 Å². The van der Waals surface area contributed by atoms with Crippen molar-refractivity contribution in [1.29, 1.82) is 0 Å². The number of hydrogen-bond donors (Lipinski definition) is 1. The average molecular weight is 361 g/mol. The first-order chi connectivity index (χ1) is 10.2. The van der Waals surface area contributed by atoms with E-state index in [1.165, 1.54) is 17.6 Å². The van der Waals surface area contributed by atoms with Crippen molar-refractivity contribution in [2.24, 2.45) is 5.10 Å². The molecular formula is C14H9BrN4OS. The second-order valence-electron chi connectivity index (χ2n) is 4.09. The molecule has 0 aliphatic rings. The fourth-order valence-electron chi connectivity index (χ4n) is 1.68. The normalized spacial score (nSPS) is 11.1. The predicted molar refractivity (Wildman–Crippen MR) is 86.6 cm³/mol. The Hall–Kier alpha value is -2.12. The monoisotopic (exact) mass is 360 g/mol. The molecule has 104 valence electrons. The minimum Gasteiger partial charge on any atom is -0.266 e. The van der Waals surface area contributed by atoms with Gasteiger partial charge in [0.05, 0.1) is 32.1 Å². The van der Waals surface area contributed by atoms with Crippen LogP contribution in [0.15, 0.2) is 51.5 Å². The Kier molecular flexibility index (Phi) is 4.03. The number of fused-ring (bicyclic) bond motifs is 1. The maximum atomic E-state index is 11.8. The molecule has 21 heavy (non-hydrogen) atoms. The van der Waals surface area contributed by atoms with E-state index in [0.29, 0.717) is 10.6 Å². The number of hydrogen-bond acceptors (Lipinski definition) is 5. The first-order valence-electron chi connectivity index (χ1n) is 6.03. The van der Waals surface area contributed by atoms with Gasteiger partial charge in [-0.2, -0.15) is 5.10 Å². The number of halogens is 1. The summed E-state index contributed by atoms with van der Waals surface area (Å²) in [6, 6.07) is 11.1. The summed E-state index contributed by atoms with van der Waals surface area (Å²) in [5.41, 5.74) is 4.65. The van der Waals surface area contributed by atoms with Crippen molar-refractivity contribution in [1.82, 2.24) is 15.4 Å². The quantitative estimate of drug-likeness (QED) is 0.575. The first-order valence-corrected chi connectivity index (χ1v) is 7.64. The Balaban J connectivity index is 1.71. The van der Waals surface area contributed by atoms with E-state index >= 15 is 0 Å². The van der Waals surface area contributed by atoms with Gasteiger partial charge in [-0.05, 0) is 40.2 Å². The molecule has 0 fully saturated rings. The van der Waals surface area contributed by atoms with Crippen LogP contribution in [0.4, 0.5) is 0 Å². The molecular weight excluding hydrogens is 352 g/mol. The zero-order valence-corrected chi connectivity index (χ0v) is 13.1. The highest BCUT2D eigenvalue weighted by atomic mass is 79.9. The van der Waals surface area contributed by atoms with E-state index in [9.17, 15) is 4.79 Å². The Bertz CT molecular complexity index is 830. The van der Waals surface area contributed by atoms with Crippen LogP contribution in [0.3, 0.4) is 0 Å². The second kappa shape index (κ2) is 6.11. The lowest BCUT2D eigenvalue weighted by molar-refractivity contribution is 0.0959. The highest BCUT2D eigenvalue weighted by Gasteiger charge is 2.06. The van der Waals surface area contributed by atoms with Crippen LogP contribution in [-0.4, -0.2) is 22.1 Å². The summed E-state index contributed by atoms with van der Waals surface area (Å²) in [4.78, 5) is 21.0. The summed E-state index contributed by atoms with van der Waals surface area (Å²) in [7, 11) is 0. The Labute approximate surface area is 132 Å². The molecule has 0 aliphatic heterocycles. The van der Waals surface area contributed by atoms with Crippen molar-refractivity contribution in [3.63, 3.8) is 0 Å². The molecule has 0 aliphatic carbocycles. The second-order valence-corrected chi connectivity index (χ2v) is 6.55. The van der Waals surface area contributed by atoms with E-state index in [1.54, 1.807) is 12.3 Å². The number of aromatic nitrogens is 2. The lowest BCUT2D eigenvalue weighted by Crippen LogP contribution is -2.16. The van der Waals surface area contributed by atoms with Gasteiger partial charge < -0.3 is 0 Å². The topological polar surface area (TPSA) is 67.2 Å². The fraction of sp³-hybridized carbons (Fsp3) is 0. The van der Waals surface area contributed by atoms with Gasteiger partial charge in [-0.25, -0.2) is 10.4 Å². The molecule has 0 unspecified atom stereocenters. The molecule has 3 rings (SSSR count). The number of benzene rings is 1. The number of hydrazone groups is 1. The van der Waals surface area contributed by atoms with Crippen molar-refractivity contribution in [2.75, 3.05) is 0 Å². The van der Waals surface area contributed by atoms with Gasteiger partial charge in [0.1, 0.15) is 5.69 Å². The zero-order chi connectivity index (χ0) is 14.7. The standard InChI is InChI=1S/C14H9BrN4OS/c15-13-6-5-12(21-13)14(20)19-17-8-9-7-16-10-3-1-2-4-11(10)18-9/h1-8H,(H,19,20)/b17-8-. The molecule has 2 aromatic heterocycles. The number of carbonyl (C=O) groups excluding carboxylic acids is 1. The van der Waals surface area contributed by atoms with Crippen LogP contribution in [0.2, 0.25) is 0 Å². The molecule has 0 bridgehead atoms. The van der Waals surface area contributed by atoms with Crippen LogP contribution in [-0.2, 0) is 0 Å². The van der Waals surface area contributed by atoms with Gasteiger partial charge in [0.2, 0.25) is 0 Å². The maximum Gasteiger partial charge on any atom is 0.281 e. The molecule has 5 nitrogen and oxygen atoms in total. The third-order valence-corrected chi connectivity index (χ3v) is 4.25. The van der Waals surface area contributed by atoms with Crippen LogP contribution in [0.25, 0.3) is 11.0 Å². The Morgan fingerprint density at radius 3 is 2.81 bits per heavy atom. The molecule has 1 N–H and O–H groups in total. The zero-order valence-electron chi connectivity index (χ0n) is 10.7. The van der Waals surface area contributed by atoms with Gasteiger partial charge in [0, 0.05) is 0 Å². The number of carbonyl (C=O) groups is 1. The van der Waals surface area contributed by atoms with Crippen molar-refractivity contribution < 1.29 is 4.79 Å². The van der Waals surface area contributed by atoms with Gasteiger partial charge in [-0.3, -0.25) is 9.78 Å². The number of amides is 1. The average Bonchev–Trinajstić information content (AvgIpc) is 2.94. The molecule has 7 heteroatoms. The summed E-state index contributed by atoms with van der Waals surface area (Å²) in [6.45, 7) is 0. The summed E-state index contributed by atoms with van der Waals surface area (Å²) >= 11 is 4.66. The number of nitrogens with zero attached hydrogens (tertiary/aromatic N) is 3. The third-order valence-electron chi connectivity index (χ3n) is 2.63. The maximum absolute atomic E-state index is 11.8. The van der Waals surface area contributed by atoms with Crippen molar-refractivity contribution in [3.05, 3.63) is 57.0 Å². The Morgan fingerprint density at radius 1 is 1.24 bits per heavy atom. The molecule has 0 atom stereocenters. The number of nitrogens with one attached hydrogen (secondary N) is 1. The van der Waals surface area contributed by atoms with Crippen molar-refractivity contribution in [2.45, 2.75) is 0 Å². The van der Waals surface area contributed by atoms with Crippen molar-refractivity contribution >= 4 is 50.4 Å². The van der Waals surface area contributed by atoms with Crippen LogP contribution < -0.4 is 5.43 Å². The van der Waals surface area contributed by atoms with E-state index in [4.69, 9.17) is 0 Å². The molecule has 2 heterocycles. The summed E-state index contributed by atoms with van der Waals surface area (Å²) in [5, 5.41) is 3.90. The number of thiophene rings is 1. The molecule has 0 saturated carbocycles. The number of rotatable bonds is 3. The van der Waals surface area contributed by atoms with Gasteiger partial charge in [-0.1, -0.05) is 12.1 Å². The van der Waals surface area contributed by atoms with Gasteiger partial charge in [0.25, 0.3) is 5.91 Å². The summed E-state index contributed by atoms with van der Waals surface area (Å²) in [5.74, 6) is -0.254. The molecule has 1 amide bonds. The predicted octanol–water partition coefficient (Wildman–Crippen LogP) is 3.22. The summed E-state index contributed by atoms with van der Waals surface area (Å²) in [6.07, 6.45) is 3.08. The molecule has 0 radical (unpaired) electrons. The minimum atomic E-state index is -0.254. The lowest BCUT2D eigenvalue weighted by Gasteiger charge is -1.98. The van der Waals surface area contributed by atoms with E-state index in [1.807, 2.05) is 30.3 Å². The first kappa shape index (κ1) is 13.8. The van der Waals surface area contributed by atoms with Gasteiger partial charge in [-0.15, -0.1) is 11.3 Å². The van der Waals surface area contributed by atoms with E-state index in [-0.39, 0.29) is 5.91 Å². The van der Waals surface area contributed by atoms with Crippen molar-refractivity contribution in [3.8, 4) is 0 Å².